The normalized spacial score (nSPS) is 19.8. The van der Waals surface area contributed by atoms with Crippen molar-refractivity contribution in [2.45, 2.75) is 25.2 Å². The molecular formula is C17H18N4O4. The Labute approximate surface area is 144 Å². The highest BCUT2D eigenvalue weighted by Crippen LogP contribution is 2.50. The van der Waals surface area contributed by atoms with E-state index in [0.717, 1.165) is 0 Å². The molecule has 0 radical (unpaired) electrons. The van der Waals surface area contributed by atoms with Crippen molar-refractivity contribution < 1.29 is 18.7 Å². The summed E-state index contributed by atoms with van der Waals surface area (Å²) in [6, 6.07) is 5.45. The summed E-state index contributed by atoms with van der Waals surface area (Å²) in [5.74, 6) is 0.220. The van der Waals surface area contributed by atoms with Crippen LogP contribution in [0.4, 0.5) is 0 Å². The third-order valence-corrected chi connectivity index (χ3v) is 4.93. The first-order valence-electron chi connectivity index (χ1n) is 8.12. The van der Waals surface area contributed by atoms with Crippen molar-refractivity contribution in [1.29, 1.82) is 0 Å². The van der Waals surface area contributed by atoms with Crippen LogP contribution in [0.25, 0.3) is 11.6 Å². The van der Waals surface area contributed by atoms with E-state index in [9.17, 15) is 9.59 Å². The van der Waals surface area contributed by atoms with Gasteiger partial charge in [0, 0.05) is 19.3 Å². The molecule has 1 saturated heterocycles. The van der Waals surface area contributed by atoms with Crippen molar-refractivity contribution in [3.63, 3.8) is 0 Å². The molecule has 0 aromatic carbocycles. The Balaban J connectivity index is 1.47. The van der Waals surface area contributed by atoms with Gasteiger partial charge in [0.2, 0.25) is 11.8 Å². The second kappa shape index (κ2) is 5.37. The van der Waals surface area contributed by atoms with Gasteiger partial charge in [0.1, 0.15) is 11.1 Å². The number of nitrogens with zero attached hydrogens (tertiary/aromatic N) is 4. The first kappa shape index (κ1) is 15.7. The molecule has 1 amide bonds. The molecule has 1 saturated carbocycles. The Hall–Kier alpha value is -2.77. The fraction of sp³-hybridized carbons (Fsp3) is 0.471. The summed E-state index contributed by atoms with van der Waals surface area (Å²) in [7, 11) is 1.31. The molecule has 2 fully saturated rings. The molecule has 3 heterocycles. The van der Waals surface area contributed by atoms with Crippen molar-refractivity contribution in [2.75, 3.05) is 20.2 Å². The second-order valence-electron chi connectivity index (χ2n) is 6.92. The lowest BCUT2D eigenvalue weighted by Crippen LogP contribution is -2.62. The molecule has 0 spiro atoms. The van der Waals surface area contributed by atoms with Crippen LogP contribution < -0.4 is 0 Å². The van der Waals surface area contributed by atoms with Crippen LogP contribution in [0, 0.1) is 5.41 Å². The zero-order chi connectivity index (χ0) is 17.7. The van der Waals surface area contributed by atoms with E-state index in [0.29, 0.717) is 43.4 Å². The van der Waals surface area contributed by atoms with E-state index >= 15 is 0 Å². The Kier molecular flexibility index (Phi) is 3.38. The molecule has 2 aliphatic rings. The van der Waals surface area contributed by atoms with Gasteiger partial charge < -0.3 is 14.1 Å². The Morgan fingerprint density at radius 2 is 2.00 bits per heavy atom. The highest BCUT2D eigenvalue weighted by molar-refractivity contribution is 6.05. The van der Waals surface area contributed by atoms with Crippen LogP contribution in [0.15, 0.2) is 28.8 Å². The SMILES string of the molecule is COC(=O)C1(C(=O)N2CC(C)(c3nnc(-c4ccccn4)o3)C2)CC1. The summed E-state index contributed by atoms with van der Waals surface area (Å²) in [5, 5.41) is 8.17. The first-order chi connectivity index (χ1) is 12.0. The van der Waals surface area contributed by atoms with Crippen molar-refractivity contribution in [2.24, 2.45) is 5.41 Å². The van der Waals surface area contributed by atoms with Gasteiger partial charge in [-0.15, -0.1) is 10.2 Å². The number of pyridine rings is 1. The summed E-state index contributed by atoms with van der Waals surface area (Å²) in [4.78, 5) is 30.3. The number of rotatable bonds is 4. The summed E-state index contributed by atoms with van der Waals surface area (Å²) in [6.07, 6.45) is 2.76. The van der Waals surface area contributed by atoms with E-state index in [1.165, 1.54) is 7.11 Å². The predicted octanol–water partition coefficient (Wildman–Crippen LogP) is 1.18. The van der Waals surface area contributed by atoms with Crippen LogP contribution in [0.5, 0.6) is 0 Å². The van der Waals surface area contributed by atoms with E-state index in [1.54, 1.807) is 17.2 Å². The largest absolute Gasteiger partial charge is 0.468 e. The van der Waals surface area contributed by atoms with Crippen LogP contribution in [0.3, 0.4) is 0 Å². The Bertz CT molecular complexity index is 822. The smallest absolute Gasteiger partial charge is 0.321 e. The quantitative estimate of drug-likeness (QED) is 0.608. The molecule has 130 valence electrons. The molecule has 8 heteroatoms. The van der Waals surface area contributed by atoms with Gasteiger partial charge >= 0.3 is 5.97 Å². The Morgan fingerprint density at radius 3 is 2.60 bits per heavy atom. The van der Waals surface area contributed by atoms with Crippen molar-refractivity contribution >= 4 is 11.9 Å². The fourth-order valence-corrected chi connectivity index (χ4v) is 3.26. The minimum absolute atomic E-state index is 0.165. The molecule has 25 heavy (non-hydrogen) atoms. The van der Waals surface area contributed by atoms with Crippen LogP contribution in [0.1, 0.15) is 25.7 Å². The number of ether oxygens (including phenoxy) is 1. The topological polar surface area (TPSA) is 98.4 Å². The lowest BCUT2D eigenvalue weighted by molar-refractivity contribution is -0.159. The third-order valence-electron chi connectivity index (χ3n) is 4.93. The monoisotopic (exact) mass is 342 g/mol. The van der Waals surface area contributed by atoms with E-state index in [2.05, 4.69) is 15.2 Å². The molecule has 2 aromatic rings. The molecule has 0 unspecified atom stereocenters. The zero-order valence-electron chi connectivity index (χ0n) is 14.1. The molecule has 0 atom stereocenters. The third kappa shape index (κ3) is 2.40. The highest BCUT2D eigenvalue weighted by Gasteiger charge is 2.62. The lowest BCUT2D eigenvalue weighted by atomic mass is 9.80. The van der Waals surface area contributed by atoms with E-state index in [-0.39, 0.29) is 5.91 Å². The minimum atomic E-state index is -0.968. The van der Waals surface area contributed by atoms with Gasteiger partial charge in [0.05, 0.1) is 12.5 Å². The molecule has 0 bridgehead atoms. The van der Waals surface area contributed by atoms with E-state index in [4.69, 9.17) is 9.15 Å². The number of hydrogen-bond donors (Lipinski definition) is 0. The van der Waals surface area contributed by atoms with Crippen LogP contribution in [-0.2, 0) is 19.7 Å². The molecular weight excluding hydrogens is 324 g/mol. The second-order valence-corrected chi connectivity index (χ2v) is 6.92. The number of likely N-dealkylation sites (tertiary alicyclic amines) is 1. The van der Waals surface area contributed by atoms with E-state index in [1.807, 2.05) is 19.1 Å². The van der Waals surface area contributed by atoms with Crippen LogP contribution in [-0.4, -0.2) is 52.2 Å². The van der Waals surface area contributed by atoms with E-state index < -0.39 is 16.8 Å². The van der Waals surface area contributed by atoms with Crippen LogP contribution >= 0.6 is 0 Å². The molecule has 0 N–H and O–H groups in total. The average molecular weight is 342 g/mol. The van der Waals surface area contributed by atoms with Gasteiger partial charge in [0.25, 0.3) is 5.89 Å². The number of aromatic nitrogens is 3. The van der Waals surface area contributed by atoms with Gasteiger partial charge in [-0.1, -0.05) is 6.07 Å². The van der Waals surface area contributed by atoms with Gasteiger partial charge in [-0.2, -0.15) is 0 Å². The summed E-state index contributed by atoms with van der Waals surface area (Å²) in [6.45, 7) is 2.84. The summed E-state index contributed by atoms with van der Waals surface area (Å²) in [5.41, 5.74) is -0.772. The lowest BCUT2D eigenvalue weighted by Gasteiger charge is -2.46. The highest BCUT2D eigenvalue weighted by atomic mass is 16.5. The van der Waals surface area contributed by atoms with Gasteiger partial charge in [0.15, 0.2) is 0 Å². The molecule has 2 aromatic heterocycles. The number of methoxy groups -OCH3 is 1. The predicted molar refractivity (Wildman–Crippen MR) is 85.1 cm³/mol. The maximum Gasteiger partial charge on any atom is 0.321 e. The maximum absolute atomic E-state index is 12.6. The van der Waals surface area contributed by atoms with Crippen molar-refractivity contribution in [3.05, 3.63) is 30.3 Å². The number of amides is 1. The standard InChI is InChI=1S/C17H18N4O4/c1-16(13-20-19-12(25-13)11-5-3-4-8-18-11)9-21(10-16)14(22)17(6-7-17)15(23)24-2/h3-5,8H,6-7,9-10H2,1-2H3. The maximum atomic E-state index is 12.6. The minimum Gasteiger partial charge on any atom is -0.468 e. The number of hydrogen-bond acceptors (Lipinski definition) is 7. The number of carbonyl (C=O) groups is 2. The summed E-state index contributed by atoms with van der Waals surface area (Å²) < 4.78 is 10.5. The fourth-order valence-electron chi connectivity index (χ4n) is 3.26. The molecule has 1 aliphatic heterocycles. The van der Waals surface area contributed by atoms with Crippen LogP contribution in [0.2, 0.25) is 0 Å². The molecule has 1 aliphatic carbocycles. The average Bonchev–Trinajstić information content (AvgIpc) is 3.28. The first-order valence-corrected chi connectivity index (χ1v) is 8.12. The summed E-state index contributed by atoms with van der Waals surface area (Å²) >= 11 is 0. The number of carbonyl (C=O) groups excluding carboxylic acids is 2. The van der Waals surface area contributed by atoms with Gasteiger partial charge in [-0.05, 0) is 31.9 Å². The van der Waals surface area contributed by atoms with Crippen molar-refractivity contribution in [3.8, 4) is 11.6 Å². The molecule has 4 rings (SSSR count). The van der Waals surface area contributed by atoms with Gasteiger partial charge in [-0.3, -0.25) is 14.6 Å². The van der Waals surface area contributed by atoms with Gasteiger partial charge in [-0.25, -0.2) is 0 Å². The Morgan fingerprint density at radius 1 is 1.24 bits per heavy atom. The molecule has 8 nitrogen and oxygen atoms in total. The van der Waals surface area contributed by atoms with Crippen molar-refractivity contribution in [1.82, 2.24) is 20.1 Å². The zero-order valence-corrected chi connectivity index (χ0v) is 14.1. The number of esters is 1.